The van der Waals surface area contributed by atoms with Crippen molar-refractivity contribution in [2.45, 2.75) is 49.6 Å². The van der Waals surface area contributed by atoms with Crippen LogP contribution in [0.4, 0.5) is 5.69 Å². The molecule has 0 spiro atoms. The monoisotopic (exact) mass is 670 g/mol. The Kier molecular flexibility index (Phi) is 12.4. The van der Waals surface area contributed by atoms with Gasteiger partial charge in [0.25, 0.3) is 0 Å². The Balaban J connectivity index is 1.37. The number of methoxy groups -OCH3 is 1. The number of rotatable bonds is 15. The van der Waals surface area contributed by atoms with Crippen LogP contribution in [0.5, 0.6) is 5.75 Å². The van der Waals surface area contributed by atoms with Gasteiger partial charge >= 0.3 is 0 Å². The molecule has 250 valence electrons. The van der Waals surface area contributed by atoms with Gasteiger partial charge in [0, 0.05) is 45.0 Å². The van der Waals surface area contributed by atoms with Gasteiger partial charge in [-0.2, -0.15) is 16.1 Å². The van der Waals surface area contributed by atoms with Crippen molar-refractivity contribution in [3.8, 4) is 5.75 Å². The number of anilines is 1. The smallest absolute Gasteiger partial charge is 0.243 e. The molecule has 1 fully saturated rings. The van der Waals surface area contributed by atoms with Crippen LogP contribution in [-0.4, -0.2) is 95.2 Å². The number of aliphatic hydroxyl groups is 1. The van der Waals surface area contributed by atoms with E-state index in [1.165, 1.54) is 4.31 Å². The first-order valence-corrected chi connectivity index (χ1v) is 18.6. The summed E-state index contributed by atoms with van der Waals surface area (Å²) in [5, 5.41) is 11.5. The number of β-amino-alcohol motifs (C(OH)–C–C–N with tert-alkyl or cyclic N) is 1. The van der Waals surface area contributed by atoms with E-state index in [-0.39, 0.29) is 24.6 Å². The predicted octanol–water partition coefficient (Wildman–Crippen LogP) is 4.84. The molecule has 11 heteroatoms. The molecule has 2 aliphatic heterocycles. The number of hydrogen-bond donors (Lipinski definition) is 1. The molecule has 3 atom stereocenters. The molecule has 3 aromatic carbocycles. The zero-order chi connectivity index (χ0) is 32.5. The van der Waals surface area contributed by atoms with Crippen LogP contribution in [-0.2, 0) is 37.4 Å². The number of hydrogen-bond acceptors (Lipinski definition) is 9. The van der Waals surface area contributed by atoms with Crippen molar-refractivity contribution in [1.29, 1.82) is 0 Å². The van der Waals surface area contributed by atoms with Crippen LogP contribution in [0.15, 0.2) is 71.6 Å². The van der Waals surface area contributed by atoms with Gasteiger partial charge < -0.3 is 29.0 Å². The molecule has 2 aliphatic rings. The summed E-state index contributed by atoms with van der Waals surface area (Å²) in [5.74, 6) is 1.37. The fourth-order valence-electron chi connectivity index (χ4n) is 6.02. The van der Waals surface area contributed by atoms with E-state index in [2.05, 4.69) is 17.2 Å². The molecule has 0 amide bonds. The minimum atomic E-state index is -3.84. The number of sulfonamides is 1. The van der Waals surface area contributed by atoms with Crippen molar-refractivity contribution in [2.75, 3.05) is 70.0 Å². The van der Waals surface area contributed by atoms with E-state index in [9.17, 15) is 13.5 Å². The zero-order valence-electron chi connectivity index (χ0n) is 27.0. The topological polar surface area (TPSA) is 97.8 Å². The number of fused-ring (bicyclic) bond motifs is 1. The van der Waals surface area contributed by atoms with Crippen molar-refractivity contribution in [3.63, 3.8) is 0 Å². The van der Waals surface area contributed by atoms with Crippen molar-refractivity contribution in [3.05, 3.63) is 89.0 Å². The van der Waals surface area contributed by atoms with Crippen LogP contribution >= 0.6 is 11.8 Å². The molecule has 46 heavy (non-hydrogen) atoms. The maximum Gasteiger partial charge on any atom is 0.243 e. The van der Waals surface area contributed by atoms with Crippen LogP contribution in [0, 0.1) is 6.92 Å². The summed E-state index contributed by atoms with van der Waals surface area (Å²) in [4.78, 5) is 2.51. The third-order valence-corrected chi connectivity index (χ3v) is 11.0. The van der Waals surface area contributed by atoms with Crippen molar-refractivity contribution < 1.29 is 32.5 Å². The van der Waals surface area contributed by atoms with Gasteiger partial charge in [0.15, 0.2) is 0 Å². The lowest BCUT2D eigenvalue weighted by molar-refractivity contribution is -0.0534. The van der Waals surface area contributed by atoms with E-state index in [4.69, 9.17) is 18.9 Å². The third-order valence-electron chi connectivity index (χ3n) is 8.54. The summed E-state index contributed by atoms with van der Waals surface area (Å²) in [6.45, 7) is 6.45. The highest BCUT2D eigenvalue weighted by Crippen LogP contribution is 2.36. The third kappa shape index (κ3) is 8.63. The van der Waals surface area contributed by atoms with Gasteiger partial charge in [-0.25, -0.2) is 8.42 Å². The summed E-state index contributed by atoms with van der Waals surface area (Å²) in [6, 6.07) is 20.9. The lowest BCUT2D eigenvalue weighted by Crippen LogP contribution is -2.53. The molecular formula is C35H46N2O7S2. The van der Waals surface area contributed by atoms with Gasteiger partial charge in [-0.1, -0.05) is 48.0 Å². The van der Waals surface area contributed by atoms with E-state index in [1.807, 2.05) is 43.3 Å². The van der Waals surface area contributed by atoms with Crippen molar-refractivity contribution in [2.24, 2.45) is 0 Å². The van der Waals surface area contributed by atoms with Crippen molar-refractivity contribution >= 4 is 27.5 Å². The first-order valence-electron chi connectivity index (χ1n) is 15.8. The van der Waals surface area contributed by atoms with Crippen LogP contribution < -0.4 is 9.64 Å². The van der Waals surface area contributed by atoms with Gasteiger partial charge in [0.2, 0.25) is 10.0 Å². The quantitative estimate of drug-likeness (QED) is 0.228. The van der Waals surface area contributed by atoms with E-state index < -0.39 is 28.1 Å². The van der Waals surface area contributed by atoms with Gasteiger partial charge in [0.1, 0.15) is 12.4 Å². The molecule has 0 unspecified atom stereocenters. The maximum absolute atomic E-state index is 13.7. The molecule has 5 rings (SSSR count). The van der Waals surface area contributed by atoms with Crippen molar-refractivity contribution in [1.82, 2.24) is 4.31 Å². The molecule has 1 N–H and O–H groups in total. The minimum absolute atomic E-state index is 0.0209. The summed E-state index contributed by atoms with van der Waals surface area (Å²) in [5.41, 5.74) is 4.89. The van der Waals surface area contributed by atoms with Crippen LogP contribution in [0.2, 0.25) is 0 Å². The molecule has 0 saturated carbocycles. The molecule has 3 aromatic rings. The summed E-state index contributed by atoms with van der Waals surface area (Å²) in [6.07, 6.45) is 1.42. The second kappa shape index (κ2) is 16.5. The number of benzene rings is 3. The van der Waals surface area contributed by atoms with Crippen LogP contribution in [0.1, 0.15) is 34.6 Å². The van der Waals surface area contributed by atoms with Gasteiger partial charge in [-0.05, 0) is 60.6 Å². The van der Waals surface area contributed by atoms with Crippen LogP contribution in [0.3, 0.4) is 0 Å². The number of aryl methyl sites for hydroxylation is 1. The lowest BCUT2D eigenvalue weighted by Gasteiger charge is -2.41. The fraction of sp³-hybridized carbons (Fsp3) is 0.486. The second-order valence-electron chi connectivity index (χ2n) is 11.8. The summed E-state index contributed by atoms with van der Waals surface area (Å²) in [7, 11) is -2.13. The first-order chi connectivity index (χ1) is 22.3. The molecule has 0 radical (unpaired) electrons. The molecular weight excluding hydrogens is 625 g/mol. The number of thioether (sulfide) groups is 1. The zero-order valence-corrected chi connectivity index (χ0v) is 28.6. The highest BCUT2D eigenvalue weighted by molar-refractivity contribution is 7.98. The number of nitrogens with zero attached hydrogens (tertiary/aromatic N) is 2. The molecule has 0 aromatic heterocycles. The highest BCUT2D eigenvalue weighted by atomic mass is 32.2. The maximum atomic E-state index is 13.7. The Labute approximate surface area is 277 Å². The summed E-state index contributed by atoms with van der Waals surface area (Å²) >= 11 is 1.75. The fourth-order valence-corrected chi connectivity index (χ4v) is 7.77. The number of piperidine rings is 1. The van der Waals surface area contributed by atoms with E-state index >= 15 is 0 Å². The Hall–Kier alpha value is -2.64. The first kappa shape index (κ1) is 34.7. The van der Waals surface area contributed by atoms with E-state index in [0.29, 0.717) is 26.4 Å². The number of aliphatic hydroxyl groups excluding tert-OH is 1. The standard InChI is InChI=1S/C35H46N2O7S2/c1-26-5-12-30(13-6-26)46(39,40)37-22-32(38)35(29-10-7-27(8-11-29)24-42-19-20-45-3)34(23-37)44-25-28-9-14-33-31(21-28)36(16-18-43-33)15-4-17-41-2/h5-14,21,32,34-35,38H,4,15-20,22-25H2,1-3H3/t32-,34+,35+/m1/s1. The van der Waals surface area contributed by atoms with Gasteiger partial charge in [-0.3, -0.25) is 0 Å². The predicted molar refractivity (Wildman–Crippen MR) is 182 cm³/mol. The number of ether oxygens (including phenoxy) is 4. The SMILES string of the molecule is COCCCN1CCOc2ccc(CO[C@H]3CN(S(=O)(=O)c4ccc(C)cc4)C[C@@H](O)[C@@H]3c3ccc(COCCSC)cc3)cc21. The molecule has 1 saturated heterocycles. The molecule has 0 aliphatic carbocycles. The Bertz CT molecular complexity index is 1500. The normalized spacial score (nSPS) is 20.3. The average Bonchev–Trinajstić information content (AvgIpc) is 3.06. The summed E-state index contributed by atoms with van der Waals surface area (Å²) < 4.78 is 52.3. The minimum Gasteiger partial charge on any atom is -0.490 e. The molecule has 2 heterocycles. The molecule has 9 nitrogen and oxygen atoms in total. The average molecular weight is 671 g/mol. The van der Waals surface area contributed by atoms with E-state index in [1.54, 1.807) is 43.1 Å². The Morgan fingerprint density at radius 1 is 0.978 bits per heavy atom. The largest absolute Gasteiger partial charge is 0.490 e. The Morgan fingerprint density at radius 3 is 2.48 bits per heavy atom. The lowest BCUT2D eigenvalue weighted by atomic mass is 9.85. The van der Waals surface area contributed by atoms with Crippen LogP contribution in [0.25, 0.3) is 0 Å². The van der Waals surface area contributed by atoms with Gasteiger partial charge in [0.05, 0.1) is 49.2 Å². The second-order valence-corrected chi connectivity index (χ2v) is 14.8. The van der Waals surface area contributed by atoms with E-state index in [0.717, 1.165) is 59.0 Å². The van der Waals surface area contributed by atoms with Gasteiger partial charge in [-0.15, -0.1) is 0 Å². The Morgan fingerprint density at radius 2 is 1.74 bits per heavy atom. The molecule has 0 bridgehead atoms. The highest BCUT2D eigenvalue weighted by Gasteiger charge is 2.42.